The summed E-state index contributed by atoms with van der Waals surface area (Å²) in [6.45, 7) is 3.31. The Morgan fingerprint density at radius 1 is 1.27 bits per heavy atom. The van der Waals surface area contributed by atoms with Gasteiger partial charge in [-0.1, -0.05) is 26.0 Å². The van der Waals surface area contributed by atoms with Gasteiger partial charge in [-0.3, -0.25) is 4.79 Å². The molecule has 1 saturated heterocycles. The van der Waals surface area contributed by atoms with Crippen molar-refractivity contribution >= 4 is 17.9 Å². The minimum atomic E-state index is -1.20. The molecule has 2 unspecified atom stereocenters. The number of carbonyl (C=O) groups is 3. The smallest absolute Gasteiger partial charge is 0.327 e. The molecular formula is C15H18N2O5. The number of hydrogen-bond donors (Lipinski definition) is 2. The van der Waals surface area contributed by atoms with Crippen molar-refractivity contribution in [3.63, 3.8) is 0 Å². The molecule has 2 N–H and O–H groups in total. The van der Waals surface area contributed by atoms with E-state index in [2.05, 4.69) is 5.32 Å². The van der Waals surface area contributed by atoms with E-state index in [1.165, 1.54) is 7.11 Å². The predicted molar refractivity (Wildman–Crippen MR) is 77.4 cm³/mol. The molecule has 22 heavy (non-hydrogen) atoms. The van der Waals surface area contributed by atoms with Crippen LogP contribution in [0.3, 0.4) is 0 Å². The van der Waals surface area contributed by atoms with E-state index in [-0.39, 0.29) is 5.92 Å². The van der Waals surface area contributed by atoms with Crippen LogP contribution < -0.4 is 10.1 Å². The summed E-state index contributed by atoms with van der Waals surface area (Å²) in [4.78, 5) is 36.7. The molecule has 7 nitrogen and oxygen atoms in total. The first-order valence-corrected chi connectivity index (χ1v) is 6.87. The number of nitrogens with one attached hydrogen (secondary N) is 1. The van der Waals surface area contributed by atoms with Crippen molar-refractivity contribution in [1.29, 1.82) is 0 Å². The summed E-state index contributed by atoms with van der Waals surface area (Å²) in [6, 6.07) is 3.93. The first-order chi connectivity index (χ1) is 10.4. The second kappa shape index (κ2) is 6.05. The van der Waals surface area contributed by atoms with Gasteiger partial charge in [-0.2, -0.15) is 0 Å². The molecule has 0 radical (unpaired) electrons. The molecule has 0 spiro atoms. The number of methoxy groups -OCH3 is 1. The largest absolute Gasteiger partial charge is 0.497 e. The fourth-order valence-electron chi connectivity index (χ4n) is 2.47. The summed E-state index contributed by atoms with van der Waals surface area (Å²) in [7, 11) is 1.53. The molecule has 1 fully saturated rings. The average molecular weight is 306 g/mol. The van der Waals surface area contributed by atoms with E-state index in [0.29, 0.717) is 11.3 Å². The van der Waals surface area contributed by atoms with Gasteiger partial charge in [-0.15, -0.1) is 0 Å². The number of carboxylic acids is 1. The van der Waals surface area contributed by atoms with Crippen LogP contribution in [-0.4, -0.2) is 41.1 Å². The van der Waals surface area contributed by atoms with Gasteiger partial charge in [0.2, 0.25) is 0 Å². The third-order valence-electron chi connectivity index (χ3n) is 3.58. The second-order valence-electron chi connectivity index (χ2n) is 5.39. The van der Waals surface area contributed by atoms with Gasteiger partial charge in [0, 0.05) is 0 Å². The molecule has 118 valence electrons. The van der Waals surface area contributed by atoms with Crippen molar-refractivity contribution in [2.75, 3.05) is 7.11 Å². The monoisotopic (exact) mass is 306 g/mol. The van der Waals surface area contributed by atoms with E-state index in [0.717, 1.165) is 4.90 Å². The molecule has 2 rings (SSSR count). The lowest BCUT2D eigenvalue weighted by Gasteiger charge is -2.24. The Hall–Kier alpha value is -2.57. The predicted octanol–water partition coefficient (Wildman–Crippen LogP) is 1.40. The molecule has 0 bridgehead atoms. The van der Waals surface area contributed by atoms with Gasteiger partial charge < -0.3 is 15.2 Å². The highest BCUT2D eigenvalue weighted by Gasteiger charge is 2.46. The Labute approximate surface area is 127 Å². The highest BCUT2D eigenvalue weighted by Crippen LogP contribution is 2.27. The molecule has 1 aromatic carbocycles. The standard InChI is InChI=1S/C15H18N2O5/c1-8(2)12(14(19)20)17-13(18)11(16-15(17)21)9-4-6-10(22-3)7-5-9/h4-8,11-12H,1-3H3,(H,16,21)(H,19,20). The minimum Gasteiger partial charge on any atom is -0.497 e. The van der Waals surface area contributed by atoms with Crippen molar-refractivity contribution in [3.05, 3.63) is 29.8 Å². The number of urea groups is 1. The third kappa shape index (κ3) is 2.74. The zero-order valence-electron chi connectivity index (χ0n) is 12.6. The van der Waals surface area contributed by atoms with Gasteiger partial charge in [0.15, 0.2) is 0 Å². The molecular weight excluding hydrogens is 288 g/mol. The highest BCUT2D eigenvalue weighted by atomic mass is 16.5. The summed E-state index contributed by atoms with van der Waals surface area (Å²) < 4.78 is 5.04. The van der Waals surface area contributed by atoms with Crippen LogP contribution in [0.1, 0.15) is 25.5 Å². The number of carbonyl (C=O) groups excluding carboxylic acids is 2. The Balaban J connectivity index is 2.29. The van der Waals surface area contributed by atoms with E-state index in [1.807, 2.05) is 0 Å². The number of hydrogen-bond acceptors (Lipinski definition) is 4. The van der Waals surface area contributed by atoms with Crippen LogP contribution in [0.15, 0.2) is 24.3 Å². The number of nitrogens with zero attached hydrogens (tertiary/aromatic N) is 1. The van der Waals surface area contributed by atoms with Crippen molar-refractivity contribution in [2.24, 2.45) is 5.92 Å². The molecule has 0 saturated carbocycles. The maximum Gasteiger partial charge on any atom is 0.327 e. The summed E-state index contributed by atoms with van der Waals surface area (Å²) >= 11 is 0. The van der Waals surface area contributed by atoms with Gasteiger partial charge in [-0.05, 0) is 23.6 Å². The molecule has 0 aromatic heterocycles. The lowest BCUT2D eigenvalue weighted by molar-refractivity contribution is -0.148. The summed E-state index contributed by atoms with van der Waals surface area (Å²) in [5, 5.41) is 11.8. The van der Waals surface area contributed by atoms with Crippen LogP contribution >= 0.6 is 0 Å². The molecule has 3 amide bonds. The van der Waals surface area contributed by atoms with E-state index in [1.54, 1.807) is 38.1 Å². The van der Waals surface area contributed by atoms with Crippen LogP contribution in [0.25, 0.3) is 0 Å². The number of carboxylic acid groups (broad SMARTS) is 1. The lowest BCUT2D eigenvalue weighted by Crippen LogP contribution is -2.48. The van der Waals surface area contributed by atoms with E-state index < -0.39 is 30.0 Å². The number of amides is 3. The number of ether oxygens (including phenoxy) is 1. The highest BCUT2D eigenvalue weighted by molar-refractivity contribution is 6.07. The van der Waals surface area contributed by atoms with Crippen LogP contribution in [0.5, 0.6) is 5.75 Å². The van der Waals surface area contributed by atoms with Gasteiger partial charge >= 0.3 is 12.0 Å². The van der Waals surface area contributed by atoms with Crippen molar-refractivity contribution in [1.82, 2.24) is 10.2 Å². The van der Waals surface area contributed by atoms with Crippen LogP contribution in [0, 0.1) is 5.92 Å². The van der Waals surface area contributed by atoms with E-state index in [4.69, 9.17) is 4.74 Å². The number of imide groups is 1. The molecule has 1 aliphatic rings. The maximum atomic E-state index is 12.5. The van der Waals surface area contributed by atoms with Gasteiger partial charge in [-0.25, -0.2) is 14.5 Å². The van der Waals surface area contributed by atoms with Crippen LogP contribution in [0.2, 0.25) is 0 Å². The topological polar surface area (TPSA) is 95.9 Å². The normalized spacial score (nSPS) is 19.3. The first kappa shape index (κ1) is 15.8. The summed E-state index contributed by atoms with van der Waals surface area (Å²) in [5.74, 6) is -1.52. The molecule has 1 aromatic rings. The fraction of sp³-hybridized carbons (Fsp3) is 0.400. The Bertz CT molecular complexity index is 596. The summed E-state index contributed by atoms with van der Waals surface area (Å²) in [6.07, 6.45) is 0. The van der Waals surface area contributed by atoms with Crippen LogP contribution in [0.4, 0.5) is 4.79 Å². The Kier molecular flexibility index (Phi) is 4.35. The Morgan fingerprint density at radius 2 is 1.86 bits per heavy atom. The van der Waals surface area contributed by atoms with Crippen molar-refractivity contribution in [3.8, 4) is 5.75 Å². The van der Waals surface area contributed by atoms with Gasteiger partial charge in [0.25, 0.3) is 5.91 Å². The minimum absolute atomic E-state index is 0.387. The van der Waals surface area contributed by atoms with Gasteiger partial charge in [0.05, 0.1) is 7.11 Å². The maximum absolute atomic E-state index is 12.5. The fourth-order valence-corrected chi connectivity index (χ4v) is 2.47. The molecule has 7 heteroatoms. The van der Waals surface area contributed by atoms with E-state index >= 15 is 0 Å². The zero-order valence-corrected chi connectivity index (χ0v) is 12.6. The quantitative estimate of drug-likeness (QED) is 0.802. The average Bonchev–Trinajstić information content (AvgIpc) is 2.75. The lowest BCUT2D eigenvalue weighted by atomic mass is 10.0. The first-order valence-electron chi connectivity index (χ1n) is 6.87. The number of benzene rings is 1. The molecule has 1 aliphatic heterocycles. The second-order valence-corrected chi connectivity index (χ2v) is 5.39. The zero-order chi connectivity index (χ0) is 16.4. The van der Waals surface area contributed by atoms with E-state index in [9.17, 15) is 19.5 Å². The SMILES string of the molecule is COc1ccc(C2NC(=O)N(C(C(=O)O)C(C)C)C2=O)cc1. The molecule has 0 aliphatic carbocycles. The summed E-state index contributed by atoms with van der Waals surface area (Å²) in [5.41, 5.74) is 0.578. The van der Waals surface area contributed by atoms with Crippen molar-refractivity contribution in [2.45, 2.75) is 25.9 Å². The molecule has 1 heterocycles. The van der Waals surface area contributed by atoms with Gasteiger partial charge in [0.1, 0.15) is 17.8 Å². The Morgan fingerprint density at radius 3 is 2.32 bits per heavy atom. The van der Waals surface area contributed by atoms with Crippen molar-refractivity contribution < 1.29 is 24.2 Å². The molecule has 2 atom stereocenters. The number of aliphatic carboxylic acids is 1. The third-order valence-corrected chi connectivity index (χ3v) is 3.58. The van der Waals surface area contributed by atoms with Crippen LogP contribution in [-0.2, 0) is 9.59 Å². The number of rotatable bonds is 5.